The van der Waals surface area contributed by atoms with Crippen LogP contribution in [0.3, 0.4) is 0 Å². The standard InChI is InChI=1S/C20H23N5S/c1-2-7-13-25(12-6-1)18-14-16(10-11-21-18)15-22-20-23-19(24-26-20)17-8-4-3-5-9-17/h3-5,8-11,14H,1-2,6-7,12-13,15H2,(H,22,23,24). The van der Waals surface area contributed by atoms with Gasteiger partial charge in [0.2, 0.25) is 5.13 Å². The Bertz CT molecular complexity index is 825. The maximum atomic E-state index is 4.59. The van der Waals surface area contributed by atoms with Crippen molar-refractivity contribution in [3.63, 3.8) is 0 Å². The second kappa shape index (κ2) is 8.27. The Morgan fingerprint density at radius 2 is 1.81 bits per heavy atom. The third kappa shape index (κ3) is 4.19. The molecule has 3 heterocycles. The fraction of sp³-hybridized carbons (Fsp3) is 0.350. The minimum Gasteiger partial charge on any atom is -0.357 e. The van der Waals surface area contributed by atoms with E-state index in [1.165, 1.54) is 42.8 Å². The quantitative estimate of drug-likeness (QED) is 0.716. The molecule has 0 bridgehead atoms. The van der Waals surface area contributed by atoms with Gasteiger partial charge in [-0.1, -0.05) is 43.2 Å². The van der Waals surface area contributed by atoms with E-state index in [9.17, 15) is 0 Å². The number of pyridine rings is 1. The van der Waals surface area contributed by atoms with E-state index in [0.29, 0.717) is 0 Å². The van der Waals surface area contributed by atoms with Crippen molar-refractivity contribution in [3.8, 4) is 11.4 Å². The Kier molecular flexibility index (Phi) is 5.40. The zero-order valence-electron chi connectivity index (χ0n) is 14.8. The molecule has 5 nitrogen and oxygen atoms in total. The summed E-state index contributed by atoms with van der Waals surface area (Å²) in [5, 5.41) is 4.24. The molecule has 1 N–H and O–H groups in total. The summed E-state index contributed by atoms with van der Waals surface area (Å²) in [7, 11) is 0. The number of nitrogens with zero attached hydrogens (tertiary/aromatic N) is 4. The molecule has 0 amide bonds. The van der Waals surface area contributed by atoms with Crippen LogP contribution in [0.5, 0.6) is 0 Å². The monoisotopic (exact) mass is 365 g/mol. The number of hydrogen-bond donors (Lipinski definition) is 1. The van der Waals surface area contributed by atoms with Crippen LogP contribution in [-0.2, 0) is 6.54 Å². The lowest BCUT2D eigenvalue weighted by molar-refractivity contribution is 0.726. The second-order valence-electron chi connectivity index (χ2n) is 6.57. The molecule has 0 atom stereocenters. The Morgan fingerprint density at radius 3 is 2.62 bits per heavy atom. The Morgan fingerprint density at radius 1 is 1.00 bits per heavy atom. The van der Waals surface area contributed by atoms with Crippen LogP contribution >= 0.6 is 11.5 Å². The molecule has 1 aliphatic heterocycles. The van der Waals surface area contributed by atoms with Crippen LogP contribution in [-0.4, -0.2) is 27.4 Å². The van der Waals surface area contributed by atoms with Gasteiger partial charge in [-0.05, 0) is 30.5 Å². The number of aromatic nitrogens is 3. The van der Waals surface area contributed by atoms with Crippen molar-refractivity contribution in [1.82, 2.24) is 14.3 Å². The van der Waals surface area contributed by atoms with Crippen LogP contribution < -0.4 is 10.2 Å². The summed E-state index contributed by atoms with van der Waals surface area (Å²) in [6.45, 7) is 2.95. The summed E-state index contributed by atoms with van der Waals surface area (Å²) in [6, 6.07) is 14.3. The van der Waals surface area contributed by atoms with Crippen molar-refractivity contribution in [2.75, 3.05) is 23.3 Å². The third-order valence-corrected chi connectivity index (χ3v) is 5.31. The molecule has 6 heteroatoms. The van der Waals surface area contributed by atoms with Gasteiger partial charge in [0.15, 0.2) is 5.82 Å². The number of nitrogens with one attached hydrogen (secondary N) is 1. The van der Waals surface area contributed by atoms with Gasteiger partial charge in [0.25, 0.3) is 0 Å². The molecule has 1 fully saturated rings. The lowest BCUT2D eigenvalue weighted by Gasteiger charge is -2.21. The third-order valence-electron chi connectivity index (χ3n) is 4.64. The van der Waals surface area contributed by atoms with E-state index in [-0.39, 0.29) is 0 Å². The first-order valence-electron chi connectivity index (χ1n) is 9.21. The molecule has 0 saturated carbocycles. The predicted molar refractivity (Wildman–Crippen MR) is 108 cm³/mol. The van der Waals surface area contributed by atoms with Crippen molar-refractivity contribution in [2.24, 2.45) is 0 Å². The van der Waals surface area contributed by atoms with Crippen molar-refractivity contribution >= 4 is 22.5 Å². The van der Waals surface area contributed by atoms with Gasteiger partial charge >= 0.3 is 0 Å². The van der Waals surface area contributed by atoms with Gasteiger partial charge in [0, 0.05) is 42.9 Å². The normalized spacial score (nSPS) is 14.8. The molecule has 3 aromatic rings. The molecule has 0 aliphatic carbocycles. The Labute approximate surface area is 158 Å². The first-order valence-corrected chi connectivity index (χ1v) is 9.99. The van der Waals surface area contributed by atoms with Gasteiger partial charge in [-0.2, -0.15) is 9.36 Å². The highest BCUT2D eigenvalue weighted by molar-refractivity contribution is 7.09. The van der Waals surface area contributed by atoms with Crippen molar-refractivity contribution in [3.05, 3.63) is 54.2 Å². The molecule has 4 rings (SSSR count). The summed E-state index contributed by atoms with van der Waals surface area (Å²) in [5.41, 5.74) is 2.26. The SMILES string of the molecule is c1ccc(-c2nsc(NCc3ccnc(N4CCCCCC4)c3)n2)cc1. The van der Waals surface area contributed by atoms with E-state index in [4.69, 9.17) is 0 Å². The molecular formula is C20H23N5S. The van der Waals surface area contributed by atoms with E-state index >= 15 is 0 Å². The topological polar surface area (TPSA) is 53.9 Å². The van der Waals surface area contributed by atoms with Crippen LogP contribution in [0.2, 0.25) is 0 Å². The highest BCUT2D eigenvalue weighted by Crippen LogP contribution is 2.22. The van der Waals surface area contributed by atoms with Gasteiger partial charge < -0.3 is 10.2 Å². The van der Waals surface area contributed by atoms with Gasteiger partial charge in [-0.25, -0.2) is 4.98 Å². The van der Waals surface area contributed by atoms with Gasteiger partial charge in [0.05, 0.1) is 0 Å². The van der Waals surface area contributed by atoms with E-state index in [0.717, 1.165) is 42.0 Å². The van der Waals surface area contributed by atoms with Crippen LogP contribution in [0.15, 0.2) is 48.7 Å². The number of hydrogen-bond acceptors (Lipinski definition) is 6. The summed E-state index contributed by atoms with van der Waals surface area (Å²) in [4.78, 5) is 11.6. The van der Waals surface area contributed by atoms with Gasteiger partial charge in [-0.15, -0.1) is 0 Å². The smallest absolute Gasteiger partial charge is 0.203 e. The average molecular weight is 366 g/mol. The number of rotatable bonds is 5. The van der Waals surface area contributed by atoms with Crippen molar-refractivity contribution in [1.29, 1.82) is 0 Å². The number of anilines is 2. The maximum Gasteiger partial charge on any atom is 0.203 e. The zero-order chi connectivity index (χ0) is 17.6. The fourth-order valence-electron chi connectivity index (χ4n) is 3.22. The van der Waals surface area contributed by atoms with Crippen LogP contribution in [0.1, 0.15) is 31.2 Å². The van der Waals surface area contributed by atoms with E-state index < -0.39 is 0 Å². The molecule has 0 unspecified atom stereocenters. The van der Waals surface area contributed by atoms with Crippen molar-refractivity contribution in [2.45, 2.75) is 32.2 Å². The summed E-state index contributed by atoms with van der Waals surface area (Å²) in [6.07, 6.45) is 7.10. The predicted octanol–water partition coefficient (Wildman–Crippen LogP) is 4.59. The lowest BCUT2D eigenvalue weighted by atomic mass is 10.2. The molecule has 0 spiro atoms. The van der Waals surface area contributed by atoms with Crippen molar-refractivity contribution < 1.29 is 0 Å². The Balaban J connectivity index is 1.40. The average Bonchev–Trinajstić information content (AvgIpc) is 3.00. The van der Waals surface area contributed by atoms with E-state index in [1.54, 1.807) is 0 Å². The van der Waals surface area contributed by atoms with E-state index in [1.807, 2.05) is 36.5 Å². The summed E-state index contributed by atoms with van der Waals surface area (Å²) in [5.74, 6) is 1.87. The first kappa shape index (κ1) is 17.0. The molecule has 2 aromatic heterocycles. The minimum atomic E-state index is 0.729. The van der Waals surface area contributed by atoms with Crippen LogP contribution in [0.4, 0.5) is 10.9 Å². The zero-order valence-corrected chi connectivity index (χ0v) is 15.6. The highest BCUT2D eigenvalue weighted by Gasteiger charge is 2.11. The summed E-state index contributed by atoms with van der Waals surface area (Å²) >= 11 is 1.40. The molecule has 134 valence electrons. The lowest BCUT2D eigenvalue weighted by Crippen LogP contribution is -2.25. The van der Waals surface area contributed by atoms with Crippen LogP contribution in [0.25, 0.3) is 11.4 Å². The van der Waals surface area contributed by atoms with Gasteiger partial charge in [-0.3, -0.25) is 0 Å². The summed E-state index contributed by atoms with van der Waals surface area (Å²) < 4.78 is 4.45. The molecule has 1 aliphatic rings. The first-order chi connectivity index (χ1) is 12.9. The maximum absolute atomic E-state index is 4.59. The minimum absolute atomic E-state index is 0.729. The second-order valence-corrected chi connectivity index (χ2v) is 7.32. The number of benzene rings is 1. The van der Waals surface area contributed by atoms with E-state index in [2.05, 4.69) is 36.7 Å². The fourth-order valence-corrected chi connectivity index (χ4v) is 3.80. The highest BCUT2D eigenvalue weighted by atomic mass is 32.1. The van der Waals surface area contributed by atoms with Gasteiger partial charge in [0.1, 0.15) is 5.82 Å². The molecule has 1 aromatic carbocycles. The molecule has 26 heavy (non-hydrogen) atoms. The molecule has 0 radical (unpaired) electrons. The largest absolute Gasteiger partial charge is 0.357 e. The Hall–Kier alpha value is -2.47. The molecular weight excluding hydrogens is 342 g/mol. The van der Waals surface area contributed by atoms with Crippen LogP contribution in [0, 0.1) is 0 Å². The molecule has 1 saturated heterocycles.